The maximum Gasteiger partial charge on any atom is 0.436 e. The number of rotatable bonds is 16. The van der Waals surface area contributed by atoms with Gasteiger partial charge in [0.25, 0.3) is 0 Å². The number of fused-ring (bicyclic) bond motifs is 1. The van der Waals surface area contributed by atoms with Gasteiger partial charge in [-0.15, -0.1) is 0 Å². The SMILES string of the molecule is CCCCCCCCCCNCc1c(C)nc2[nH]ccc2c1C.Cc1cnn(Cc2ccc(Cn3cc(C(=O)O)c(C(F)(F)F)n3)cc2)c1. The molecule has 12 heteroatoms. The molecule has 4 heterocycles. The van der Waals surface area contributed by atoms with Crippen molar-refractivity contribution in [3.05, 3.63) is 99.9 Å². The lowest BCUT2D eigenvalue weighted by Crippen LogP contribution is -2.17. The van der Waals surface area contributed by atoms with Gasteiger partial charge in [-0.3, -0.25) is 9.36 Å². The molecule has 0 spiro atoms. The first-order chi connectivity index (χ1) is 23.5. The molecule has 0 fully saturated rings. The average molecular weight is 680 g/mol. The number of aromatic nitrogens is 6. The van der Waals surface area contributed by atoms with Gasteiger partial charge in [0.15, 0.2) is 5.69 Å². The zero-order chi connectivity index (χ0) is 35.4. The Labute approximate surface area is 286 Å². The fourth-order valence-corrected chi connectivity index (χ4v) is 5.83. The summed E-state index contributed by atoms with van der Waals surface area (Å²) in [5, 5.41) is 21.4. The molecule has 0 bridgehead atoms. The Balaban J connectivity index is 0.000000223. The summed E-state index contributed by atoms with van der Waals surface area (Å²) < 4.78 is 41.4. The number of hydrogen-bond acceptors (Lipinski definition) is 5. The first-order valence-corrected chi connectivity index (χ1v) is 17.0. The van der Waals surface area contributed by atoms with E-state index in [0.29, 0.717) is 12.1 Å². The largest absolute Gasteiger partial charge is 0.478 e. The summed E-state index contributed by atoms with van der Waals surface area (Å²) in [6, 6.07) is 9.35. The van der Waals surface area contributed by atoms with Crippen molar-refractivity contribution in [1.82, 2.24) is 34.8 Å². The van der Waals surface area contributed by atoms with E-state index in [-0.39, 0.29) is 6.54 Å². The van der Waals surface area contributed by atoms with Crippen molar-refractivity contribution in [3.63, 3.8) is 0 Å². The fourth-order valence-electron chi connectivity index (χ4n) is 5.83. The monoisotopic (exact) mass is 679 g/mol. The number of carboxylic acid groups (broad SMARTS) is 1. The molecule has 0 unspecified atom stereocenters. The molecule has 0 aliphatic heterocycles. The van der Waals surface area contributed by atoms with Crippen LogP contribution < -0.4 is 5.32 Å². The van der Waals surface area contributed by atoms with Crippen LogP contribution in [-0.4, -0.2) is 47.1 Å². The number of nitrogens with one attached hydrogen (secondary N) is 2. The van der Waals surface area contributed by atoms with Crippen LogP contribution in [0.3, 0.4) is 0 Å². The molecule has 3 N–H and O–H groups in total. The van der Waals surface area contributed by atoms with E-state index < -0.39 is 23.4 Å². The number of carboxylic acids is 1. The van der Waals surface area contributed by atoms with Crippen LogP contribution in [0.15, 0.2) is 55.1 Å². The van der Waals surface area contributed by atoms with Crippen LogP contribution in [0, 0.1) is 20.8 Å². The van der Waals surface area contributed by atoms with Crippen LogP contribution in [0.25, 0.3) is 11.0 Å². The molecule has 5 rings (SSSR count). The van der Waals surface area contributed by atoms with Crippen LogP contribution in [0.4, 0.5) is 13.2 Å². The number of pyridine rings is 1. The summed E-state index contributed by atoms with van der Waals surface area (Å²) in [4.78, 5) is 18.9. The molecule has 5 aromatic rings. The number of halogens is 3. The predicted molar refractivity (Wildman–Crippen MR) is 186 cm³/mol. The van der Waals surface area contributed by atoms with Crippen molar-refractivity contribution < 1.29 is 23.1 Å². The van der Waals surface area contributed by atoms with Gasteiger partial charge in [0.1, 0.15) is 11.2 Å². The van der Waals surface area contributed by atoms with Gasteiger partial charge in [0.2, 0.25) is 0 Å². The Hall–Kier alpha value is -4.45. The van der Waals surface area contributed by atoms with Crippen molar-refractivity contribution in [2.45, 2.75) is 105 Å². The van der Waals surface area contributed by atoms with Crippen molar-refractivity contribution in [1.29, 1.82) is 0 Å². The van der Waals surface area contributed by atoms with Crippen LogP contribution in [-0.2, 0) is 25.8 Å². The van der Waals surface area contributed by atoms with Gasteiger partial charge in [-0.2, -0.15) is 23.4 Å². The Morgan fingerprint density at radius 1 is 0.898 bits per heavy atom. The number of unbranched alkanes of at least 4 members (excludes halogenated alkanes) is 7. The third kappa shape index (κ3) is 11.0. The van der Waals surface area contributed by atoms with Gasteiger partial charge in [-0.05, 0) is 67.6 Å². The number of aryl methyl sites for hydroxylation is 3. The Kier molecular flexibility index (Phi) is 13.6. The number of benzene rings is 1. The quantitative estimate of drug-likeness (QED) is 0.0901. The van der Waals surface area contributed by atoms with Gasteiger partial charge >= 0.3 is 12.1 Å². The van der Waals surface area contributed by atoms with Crippen LogP contribution in [0.2, 0.25) is 0 Å². The minimum absolute atomic E-state index is 0.0392. The molecule has 1 aromatic carbocycles. The first kappa shape index (κ1) is 37.4. The Bertz CT molecular complexity index is 1770. The number of aromatic carboxylic acids is 1. The van der Waals surface area contributed by atoms with E-state index in [1.807, 2.05) is 31.5 Å². The number of nitrogens with zero attached hydrogens (tertiary/aromatic N) is 5. The van der Waals surface area contributed by atoms with Gasteiger partial charge < -0.3 is 15.4 Å². The molecule has 0 saturated carbocycles. The maximum absolute atomic E-state index is 12.9. The molecule has 0 aliphatic carbocycles. The molecule has 0 aliphatic rings. The molecule has 264 valence electrons. The lowest BCUT2D eigenvalue weighted by molar-refractivity contribution is -0.142. The standard InChI is InChI=1S/C20H33N3.C17H15F3N4O2/c1-4-5-6-7-8-9-10-11-13-21-15-19-16(2)18-12-14-22-20(18)23-17(19)3;1-11-6-21-23(7-11)8-12-2-4-13(5-3-12)9-24-10-14(16(25)26)15(22-24)17(18,19)20/h12,14,21H,4-11,13,15H2,1-3H3,(H,22,23);2-7,10H,8-9H2,1H3,(H,25,26). The highest BCUT2D eigenvalue weighted by Gasteiger charge is 2.39. The normalized spacial score (nSPS) is 11.6. The van der Waals surface area contributed by atoms with Crippen LogP contribution in [0.5, 0.6) is 0 Å². The minimum atomic E-state index is -4.81. The Morgan fingerprint density at radius 2 is 1.53 bits per heavy atom. The van der Waals surface area contributed by atoms with Gasteiger partial charge in [-0.1, -0.05) is 76.1 Å². The molecule has 0 amide bonds. The summed E-state index contributed by atoms with van der Waals surface area (Å²) >= 11 is 0. The summed E-state index contributed by atoms with van der Waals surface area (Å²) in [5.41, 5.74) is 5.36. The smallest absolute Gasteiger partial charge is 0.436 e. The number of aromatic amines is 1. The Morgan fingerprint density at radius 3 is 2.10 bits per heavy atom. The molecule has 0 radical (unpaired) electrons. The first-order valence-electron chi connectivity index (χ1n) is 17.0. The van der Waals surface area contributed by atoms with Gasteiger partial charge in [-0.25, -0.2) is 9.78 Å². The minimum Gasteiger partial charge on any atom is -0.478 e. The van der Waals surface area contributed by atoms with E-state index in [4.69, 9.17) is 5.11 Å². The molecule has 49 heavy (non-hydrogen) atoms. The molecule has 4 aromatic heterocycles. The number of hydrogen-bond donors (Lipinski definition) is 3. The summed E-state index contributed by atoms with van der Waals surface area (Å²) in [7, 11) is 0. The maximum atomic E-state index is 12.9. The molecule has 0 atom stereocenters. The second-order valence-corrected chi connectivity index (χ2v) is 12.6. The summed E-state index contributed by atoms with van der Waals surface area (Å²) in [6.07, 6.45) is 12.7. The highest BCUT2D eigenvalue weighted by atomic mass is 19.4. The van der Waals surface area contributed by atoms with Crippen LogP contribution >= 0.6 is 0 Å². The topological polar surface area (TPSA) is 114 Å². The fraction of sp³-hybridized carbons (Fsp3) is 0.459. The third-order valence-corrected chi connectivity index (χ3v) is 8.54. The van der Waals surface area contributed by atoms with E-state index in [1.54, 1.807) is 23.0 Å². The lowest BCUT2D eigenvalue weighted by Gasteiger charge is -2.11. The summed E-state index contributed by atoms with van der Waals surface area (Å²) in [6.45, 7) is 11.2. The van der Waals surface area contributed by atoms with Crippen molar-refractivity contribution >= 4 is 17.0 Å². The van der Waals surface area contributed by atoms with E-state index >= 15 is 0 Å². The van der Waals surface area contributed by atoms with E-state index in [1.165, 1.54) is 67.9 Å². The van der Waals surface area contributed by atoms with Gasteiger partial charge in [0, 0.05) is 36.2 Å². The number of carbonyl (C=O) groups is 1. The summed E-state index contributed by atoms with van der Waals surface area (Å²) in [5.74, 6) is -1.66. The zero-order valence-electron chi connectivity index (χ0n) is 28.9. The second-order valence-electron chi connectivity index (χ2n) is 12.6. The third-order valence-electron chi connectivity index (χ3n) is 8.54. The molecular formula is C37H48F3N7O2. The highest BCUT2D eigenvalue weighted by molar-refractivity contribution is 5.88. The average Bonchev–Trinajstić information content (AvgIpc) is 3.81. The van der Waals surface area contributed by atoms with Crippen molar-refractivity contribution in [3.8, 4) is 0 Å². The molecule has 0 saturated heterocycles. The molecule has 9 nitrogen and oxygen atoms in total. The van der Waals surface area contributed by atoms with Crippen molar-refractivity contribution in [2.75, 3.05) is 6.54 Å². The number of H-pyrrole nitrogens is 1. The van der Waals surface area contributed by atoms with Crippen LogP contribution in [0.1, 0.15) is 108 Å². The second kappa shape index (κ2) is 17.8. The van der Waals surface area contributed by atoms with E-state index in [0.717, 1.165) is 46.4 Å². The molecular weight excluding hydrogens is 631 g/mol. The van der Waals surface area contributed by atoms with Gasteiger partial charge in [0.05, 0.1) is 19.3 Å². The lowest BCUT2D eigenvalue weighted by atomic mass is 10.0. The van der Waals surface area contributed by atoms with E-state index in [9.17, 15) is 18.0 Å². The highest BCUT2D eigenvalue weighted by Crippen LogP contribution is 2.31. The van der Waals surface area contributed by atoms with Crippen molar-refractivity contribution in [2.24, 2.45) is 0 Å². The predicted octanol–water partition coefficient (Wildman–Crippen LogP) is 8.61. The number of alkyl halides is 3. The zero-order valence-corrected chi connectivity index (χ0v) is 28.9. The van der Waals surface area contributed by atoms with E-state index in [2.05, 4.69) is 52.3 Å².